The van der Waals surface area contributed by atoms with E-state index in [0.717, 1.165) is 17.9 Å². The number of para-hydroxylation sites is 2. The summed E-state index contributed by atoms with van der Waals surface area (Å²) in [6, 6.07) is 10.4. The number of hydrogen-bond donors (Lipinski definition) is 0. The molecule has 3 heteroatoms. The van der Waals surface area contributed by atoms with Crippen molar-refractivity contribution in [3.05, 3.63) is 59.7 Å². The van der Waals surface area contributed by atoms with Gasteiger partial charge in [-0.1, -0.05) is 18.2 Å². The van der Waals surface area contributed by atoms with Crippen molar-refractivity contribution in [3.63, 3.8) is 0 Å². The van der Waals surface area contributed by atoms with E-state index in [0.29, 0.717) is 0 Å². The van der Waals surface area contributed by atoms with Gasteiger partial charge in [-0.05, 0) is 37.1 Å². The van der Waals surface area contributed by atoms with Gasteiger partial charge in [-0.3, -0.25) is 4.98 Å². The Balaban J connectivity index is 2.07. The lowest BCUT2D eigenvalue weighted by molar-refractivity contribution is 0.781. The van der Waals surface area contributed by atoms with Crippen LogP contribution in [0.4, 0.5) is 0 Å². The minimum absolute atomic E-state index is 0.820. The molecule has 0 bridgehead atoms. The largest absolute Gasteiger partial charge is 0.324 e. The highest BCUT2D eigenvalue weighted by Crippen LogP contribution is 2.17. The van der Waals surface area contributed by atoms with Crippen LogP contribution in [0.2, 0.25) is 0 Å². The number of aryl methyl sites for hydroxylation is 2. The van der Waals surface area contributed by atoms with Gasteiger partial charge in [-0.25, -0.2) is 4.98 Å². The lowest BCUT2D eigenvalue weighted by atomic mass is 10.2. The summed E-state index contributed by atoms with van der Waals surface area (Å²) in [5.41, 5.74) is 4.63. The maximum Gasteiger partial charge on any atom is 0.107 e. The highest BCUT2D eigenvalue weighted by Gasteiger charge is 2.07. The van der Waals surface area contributed by atoms with Gasteiger partial charge in [0.05, 0.1) is 17.6 Å². The average molecular weight is 237 g/mol. The third-order valence-corrected chi connectivity index (χ3v) is 3.12. The molecule has 3 aromatic rings. The Morgan fingerprint density at radius 1 is 1.11 bits per heavy atom. The fraction of sp³-hybridized carbons (Fsp3) is 0.200. The van der Waals surface area contributed by atoms with Crippen LogP contribution in [0.15, 0.2) is 42.7 Å². The van der Waals surface area contributed by atoms with Gasteiger partial charge in [0.2, 0.25) is 0 Å². The first-order chi connectivity index (χ1) is 8.74. The molecule has 3 nitrogen and oxygen atoms in total. The molecule has 0 atom stereocenters. The number of rotatable bonds is 2. The van der Waals surface area contributed by atoms with Crippen molar-refractivity contribution in [1.29, 1.82) is 0 Å². The molecule has 1 aromatic carbocycles. The minimum atomic E-state index is 0.820. The van der Waals surface area contributed by atoms with Gasteiger partial charge in [0.1, 0.15) is 5.82 Å². The third kappa shape index (κ3) is 1.88. The van der Waals surface area contributed by atoms with Gasteiger partial charge >= 0.3 is 0 Å². The molecule has 2 aromatic heterocycles. The van der Waals surface area contributed by atoms with Crippen molar-refractivity contribution >= 4 is 11.0 Å². The third-order valence-electron chi connectivity index (χ3n) is 3.12. The second-order valence-corrected chi connectivity index (χ2v) is 4.60. The Morgan fingerprint density at radius 2 is 1.94 bits per heavy atom. The highest BCUT2D eigenvalue weighted by atomic mass is 15.1. The Hall–Kier alpha value is -2.16. The van der Waals surface area contributed by atoms with E-state index in [2.05, 4.69) is 39.7 Å². The van der Waals surface area contributed by atoms with Crippen LogP contribution in [0.25, 0.3) is 11.0 Å². The number of imidazole rings is 1. The molecule has 0 aliphatic heterocycles. The molecule has 90 valence electrons. The summed E-state index contributed by atoms with van der Waals surface area (Å²) in [6.45, 7) is 4.93. The van der Waals surface area contributed by atoms with E-state index in [1.807, 2.05) is 31.5 Å². The monoisotopic (exact) mass is 237 g/mol. The first-order valence-corrected chi connectivity index (χ1v) is 6.06. The van der Waals surface area contributed by atoms with Crippen LogP contribution in [-0.4, -0.2) is 14.5 Å². The van der Waals surface area contributed by atoms with E-state index in [4.69, 9.17) is 0 Å². The zero-order valence-electron chi connectivity index (χ0n) is 10.6. The number of hydrogen-bond acceptors (Lipinski definition) is 2. The second-order valence-electron chi connectivity index (χ2n) is 4.60. The summed E-state index contributed by atoms with van der Waals surface area (Å²) >= 11 is 0. The fourth-order valence-corrected chi connectivity index (χ4v) is 2.28. The van der Waals surface area contributed by atoms with Crippen LogP contribution in [0.3, 0.4) is 0 Å². The molecule has 0 aliphatic rings. The summed E-state index contributed by atoms with van der Waals surface area (Å²) in [7, 11) is 0. The highest BCUT2D eigenvalue weighted by molar-refractivity contribution is 5.75. The molecule has 0 N–H and O–H groups in total. The van der Waals surface area contributed by atoms with E-state index in [-0.39, 0.29) is 0 Å². The molecule has 18 heavy (non-hydrogen) atoms. The van der Waals surface area contributed by atoms with Gasteiger partial charge in [-0.15, -0.1) is 0 Å². The molecular weight excluding hydrogens is 222 g/mol. The van der Waals surface area contributed by atoms with Crippen LogP contribution < -0.4 is 0 Å². The van der Waals surface area contributed by atoms with Crippen molar-refractivity contribution in [2.45, 2.75) is 20.4 Å². The summed E-state index contributed by atoms with van der Waals surface area (Å²) in [6.07, 6.45) is 3.80. The number of benzene rings is 1. The van der Waals surface area contributed by atoms with Gasteiger partial charge in [0.25, 0.3) is 0 Å². The first-order valence-electron chi connectivity index (χ1n) is 6.06. The molecule has 0 amide bonds. The van der Waals surface area contributed by atoms with Crippen molar-refractivity contribution < 1.29 is 0 Å². The van der Waals surface area contributed by atoms with Crippen molar-refractivity contribution in [2.24, 2.45) is 0 Å². The second kappa shape index (κ2) is 4.26. The van der Waals surface area contributed by atoms with Crippen LogP contribution in [0.1, 0.15) is 17.0 Å². The quantitative estimate of drug-likeness (QED) is 0.685. The Kier molecular flexibility index (Phi) is 2.59. The molecule has 3 rings (SSSR count). The Bertz CT molecular complexity index is 698. The number of nitrogens with zero attached hydrogens (tertiary/aromatic N) is 3. The standard InChI is InChI=1S/C15H15N3/c1-11-7-13(9-16-8-11)10-18-12(2)17-14-5-3-4-6-15(14)18/h3-9H,10H2,1-2H3. The predicted octanol–water partition coefficient (Wildman–Crippen LogP) is 3.10. The molecular formula is C15H15N3. The average Bonchev–Trinajstić information content (AvgIpc) is 2.66. The number of fused-ring (bicyclic) bond motifs is 1. The Labute approximate surface area is 106 Å². The fourth-order valence-electron chi connectivity index (χ4n) is 2.28. The summed E-state index contributed by atoms with van der Waals surface area (Å²) < 4.78 is 2.23. The number of aromatic nitrogens is 3. The summed E-state index contributed by atoms with van der Waals surface area (Å²) in [4.78, 5) is 8.81. The molecule has 0 aliphatic carbocycles. The zero-order chi connectivity index (χ0) is 12.5. The maximum absolute atomic E-state index is 4.57. The summed E-state index contributed by atoms with van der Waals surface area (Å²) in [5, 5.41) is 0. The van der Waals surface area contributed by atoms with E-state index >= 15 is 0 Å². The smallest absolute Gasteiger partial charge is 0.107 e. The van der Waals surface area contributed by atoms with Crippen LogP contribution in [0.5, 0.6) is 0 Å². The topological polar surface area (TPSA) is 30.7 Å². The van der Waals surface area contributed by atoms with E-state index in [1.165, 1.54) is 16.6 Å². The van der Waals surface area contributed by atoms with Crippen LogP contribution in [-0.2, 0) is 6.54 Å². The van der Waals surface area contributed by atoms with Gasteiger partial charge < -0.3 is 4.57 Å². The molecule has 2 heterocycles. The van der Waals surface area contributed by atoms with E-state index in [9.17, 15) is 0 Å². The van der Waals surface area contributed by atoms with Crippen molar-refractivity contribution in [1.82, 2.24) is 14.5 Å². The molecule has 0 spiro atoms. The summed E-state index contributed by atoms with van der Waals surface area (Å²) in [5.74, 6) is 1.04. The SMILES string of the molecule is Cc1cncc(Cn2c(C)nc3ccccc32)c1. The van der Waals surface area contributed by atoms with Gasteiger partial charge in [0.15, 0.2) is 0 Å². The van der Waals surface area contributed by atoms with E-state index < -0.39 is 0 Å². The minimum Gasteiger partial charge on any atom is -0.324 e. The normalized spacial score (nSPS) is 11.0. The predicted molar refractivity (Wildman–Crippen MR) is 72.5 cm³/mol. The van der Waals surface area contributed by atoms with Gasteiger partial charge in [0, 0.05) is 12.4 Å². The molecule has 0 unspecified atom stereocenters. The van der Waals surface area contributed by atoms with E-state index in [1.54, 1.807) is 0 Å². The van der Waals surface area contributed by atoms with Gasteiger partial charge in [-0.2, -0.15) is 0 Å². The lowest BCUT2D eigenvalue weighted by Gasteiger charge is -2.07. The maximum atomic E-state index is 4.57. The van der Waals surface area contributed by atoms with Crippen LogP contribution >= 0.6 is 0 Å². The molecule has 0 saturated carbocycles. The number of pyridine rings is 1. The molecule has 0 saturated heterocycles. The lowest BCUT2D eigenvalue weighted by Crippen LogP contribution is -2.02. The van der Waals surface area contributed by atoms with Crippen LogP contribution in [0, 0.1) is 13.8 Å². The zero-order valence-corrected chi connectivity index (χ0v) is 10.6. The molecule has 0 fully saturated rings. The van der Waals surface area contributed by atoms with Crippen molar-refractivity contribution in [3.8, 4) is 0 Å². The molecule has 0 radical (unpaired) electrons. The first kappa shape index (κ1) is 11.0. The van der Waals surface area contributed by atoms with Crippen molar-refractivity contribution in [2.75, 3.05) is 0 Å². The Morgan fingerprint density at radius 3 is 2.78 bits per heavy atom.